The van der Waals surface area contributed by atoms with E-state index >= 15 is 0 Å². The monoisotopic (exact) mass is 474 g/mol. The summed E-state index contributed by atoms with van der Waals surface area (Å²) in [7, 11) is 1.45. The summed E-state index contributed by atoms with van der Waals surface area (Å²) >= 11 is 1.15. The summed E-state index contributed by atoms with van der Waals surface area (Å²) in [5.74, 6) is -0.0248. The van der Waals surface area contributed by atoms with Crippen LogP contribution >= 0.6 is 11.8 Å². The standard InChI is InChI=1S/C25H22N4O4S/c1-16-7-3-6-10-20(16)29-24(32)18-8-4-5-9-19(18)27-25(29)34-15-23(31)28-26-14-17-11-12-21(30)22(13-17)33-2/h3-14,30H,15H2,1-2H3,(H,28,31). The Balaban J connectivity index is 1.55. The van der Waals surface area contributed by atoms with Crippen LogP contribution in [0.25, 0.3) is 16.6 Å². The zero-order valence-electron chi connectivity index (χ0n) is 18.6. The van der Waals surface area contributed by atoms with Crippen LogP contribution in [0.3, 0.4) is 0 Å². The second-order valence-electron chi connectivity index (χ2n) is 7.35. The molecule has 4 rings (SSSR count). The van der Waals surface area contributed by atoms with Crippen molar-refractivity contribution in [3.05, 3.63) is 88.2 Å². The number of aromatic hydroxyl groups is 1. The van der Waals surface area contributed by atoms with Gasteiger partial charge in [0.05, 0.1) is 35.7 Å². The van der Waals surface area contributed by atoms with E-state index in [4.69, 9.17) is 4.74 Å². The molecule has 0 aliphatic heterocycles. The maximum atomic E-state index is 13.3. The van der Waals surface area contributed by atoms with Crippen LogP contribution in [0.5, 0.6) is 11.5 Å². The molecule has 34 heavy (non-hydrogen) atoms. The fourth-order valence-electron chi connectivity index (χ4n) is 3.35. The number of fused-ring (bicyclic) bond motifs is 1. The molecule has 8 nitrogen and oxygen atoms in total. The van der Waals surface area contributed by atoms with Gasteiger partial charge in [-0.2, -0.15) is 5.10 Å². The smallest absolute Gasteiger partial charge is 0.266 e. The quantitative estimate of drug-likeness (QED) is 0.183. The number of benzene rings is 3. The van der Waals surface area contributed by atoms with Crippen molar-refractivity contribution in [3.63, 3.8) is 0 Å². The molecule has 1 heterocycles. The lowest BCUT2D eigenvalue weighted by atomic mass is 10.2. The third-order valence-corrected chi connectivity index (χ3v) is 5.98. The van der Waals surface area contributed by atoms with Crippen molar-refractivity contribution in [2.24, 2.45) is 5.10 Å². The van der Waals surface area contributed by atoms with Crippen molar-refractivity contribution in [2.45, 2.75) is 12.1 Å². The number of nitrogens with zero attached hydrogens (tertiary/aromatic N) is 3. The number of methoxy groups -OCH3 is 1. The average molecular weight is 475 g/mol. The normalized spacial score (nSPS) is 11.1. The largest absolute Gasteiger partial charge is 0.504 e. The van der Waals surface area contributed by atoms with E-state index in [0.717, 1.165) is 17.3 Å². The van der Waals surface area contributed by atoms with Crippen molar-refractivity contribution in [1.29, 1.82) is 0 Å². The van der Waals surface area contributed by atoms with E-state index in [0.29, 0.717) is 33.1 Å². The van der Waals surface area contributed by atoms with Crippen molar-refractivity contribution in [1.82, 2.24) is 15.0 Å². The minimum atomic E-state index is -0.356. The van der Waals surface area contributed by atoms with Crippen molar-refractivity contribution < 1.29 is 14.6 Å². The van der Waals surface area contributed by atoms with Crippen LogP contribution < -0.4 is 15.7 Å². The van der Waals surface area contributed by atoms with Crippen LogP contribution in [-0.4, -0.2) is 39.6 Å². The number of phenols is 1. The molecule has 0 radical (unpaired) electrons. The maximum Gasteiger partial charge on any atom is 0.266 e. The van der Waals surface area contributed by atoms with Gasteiger partial charge in [-0.3, -0.25) is 14.2 Å². The second kappa shape index (κ2) is 10.2. The minimum Gasteiger partial charge on any atom is -0.504 e. The van der Waals surface area contributed by atoms with Crippen molar-refractivity contribution >= 4 is 34.8 Å². The van der Waals surface area contributed by atoms with Gasteiger partial charge < -0.3 is 9.84 Å². The fraction of sp³-hybridized carbons (Fsp3) is 0.120. The number of aryl methyl sites for hydroxylation is 1. The first-order chi connectivity index (χ1) is 16.5. The fourth-order valence-corrected chi connectivity index (χ4v) is 4.15. The number of phenolic OH excluding ortho intramolecular Hbond substituents is 1. The summed E-state index contributed by atoms with van der Waals surface area (Å²) in [5, 5.41) is 14.5. The molecule has 9 heteroatoms. The van der Waals surface area contributed by atoms with Gasteiger partial charge in [0, 0.05) is 0 Å². The molecule has 2 N–H and O–H groups in total. The number of amides is 1. The Morgan fingerprint density at radius 1 is 1.18 bits per heavy atom. The summed E-state index contributed by atoms with van der Waals surface area (Å²) < 4.78 is 6.60. The van der Waals surface area contributed by atoms with Gasteiger partial charge in [0.2, 0.25) is 0 Å². The highest BCUT2D eigenvalue weighted by Gasteiger charge is 2.15. The number of aromatic nitrogens is 2. The van der Waals surface area contributed by atoms with Crippen LogP contribution in [0, 0.1) is 6.92 Å². The molecule has 1 aromatic heterocycles. The van der Waals surface area contributed by atoms with E-state index in [1.807, 2.05) is 37.3 Å². The van der Waals surface area contributed by atoms with Gasteiger partial charge in [-0.1, -0.05) is 42.1 Å². The van der Waals surface area contributed by atoms with Gasteiger partial charge in [-0.05, 0) is 54.4 Å². The molecule has 0 spiro atoms. The second-order valence-corrected chi connectivity index (χ2v) is 8.29. The molecule has 0 unspecified atom stereocenters. The first kappa shape index (κ1) is 23.1. The lowest BCUT2D eigenvalue weighted by Gasteiger charge is -2.14. The number of ether oxygens (including phenoxy) is 1. The van der Waals surface area contributed by atoms with Gasteiger partial charge in [0.25, 0.3) is 11.5 Å². The molecule has 172 valence electrons. The van der Waals surface area contributed by atoms with Gasteiger partial charge in [-0.25, -0.2) is 10.4 Å². The van der Waals surface area contributed by atoms with E-state index in [2.05, 4.69) is 15.5 Å². The summed E-state index contributed by atoms with van der Waals surface area (Å²) in [6.45, 7) is 1.92. The lowest BCUT2D eigenvalue weighted by molar-refractivity contribution is -0.118. The highest BCUT2D eigenvalue weighted by molar-refractivity contribution is 7.99. The molecule has 0 saturated heterocycles. The van der Waals surface area contributed by atoms with Gasteiger partial charge >= 0.3 is 0 Å². The number of rotatable bonds is 7. The Hall–Kier alpha value is -4.11. The molecular formula is C25H22N4O4S. The summed E-state index contributed by atoms with van der Waals surface area (Å²) in [4.78, 5) is 30.4. The van der Waals surface area contributed by atoms with E-state index in [1.54, 1.807) is 34.9 Å². The first-order valence-corrected chi connectivity index (χ1v) is 11.4. The molecule has 0 atom stereocenters. The zero-order valence-corrected chi connectivity index (χ0v) is 19.4. The molecular weight excluding hydrogens is 452 g/mol. The van der Waals surface area contributed by atoms with Crippen LogP contribution in [-0.2, 0) is 4.79 Å². The predicted octanol–water partition coefficient (Wildman–Crippen LogP) is 3.65. The number of carbonyl (C=O) groups is 1. The van der Waals surface area contributed by atoms with Crippen LogP contribution in [0.2, 0.25) is 0 Å². The van der Waals surface area contributed by atoms with Crippen LogP contribution in [0.4, 0.5) is 0 Å². The number of hydrogen-bond acceptors (Lipinski definition) is 7. The third kappa shape index (κ3) is 4.94. The van der Waals surface area contributed by atoms with Gasteiger partial charge in [0.1, 0.15) is 0 Å². The number of hydrogen-bond donors (Lipinski definition) is 2. The van der Waals surface area contributed by atoms with Crippen LogP contribution in [0.15, 0.2) is 81.8 Å². The SMILES string of the molecule is COc1cc(C=NNC(=O)CSc2nc3ccccc3c(=O)n2-c2ccccc2C)ccc1O. The van der Waals surface area contributed by atoms with E-state index in [1.165, 1.54) is 19.4 Å². The molecule has 4 aromatic rings. The molecule has 1 amide bonds. The summed E-state index contributed by atoms with van der Waals surface area (Å²) in [6, 6.07) is 19.4. The number of para-hydroxylation sites is 2. The maximum absolute atomic E-state index is 13.3. The van der Waals surface area contributed by atoms with E-state index < -0.39 is 0 Å². The highest BCUT2D eigenvalue weighted by atomic mass is 32.2. The van der Waals surface area contributed by atoms with Crippen molar-refractivity contribution in [3.8, 4) is 17.2 Å². The molecule has 0 aliphatic carbocycles. The number of carbonyl (C=O) groups excluding carboxylic acids is 1. The molecule has 0 bridgehead atoms. The van der Waals surface area contributed by atoms with Crippen molar-refractivity contribution in [2.75, 3.05) is 12.9 Å². The third-order valence-electron chi connectivity index (χ3n) is 5.04. The molecule has 0 saturated carbocycles. The molecule has 0 aliphatic rings. The Morgan fingerprint density at radius 2 is 1.94 bits per heavy atom. The Bertz CT molecular complexity index is 1450. The minimum absolute atomic E-state index is 0.00685. The number of thioether (sulfide) groups is 1. The zero-order chi connectivity index (χ0) is 24.1. The first-order valence-electron chi connectivity index (χ1n) is 10.4. The van der Waals surface area contributed by atoms with Gasteiger partial charge in [-0.15, -0.1) is 0 Å². The average Bonchev–Trinajstić information content (AvgIpc) is 2.84. The molecule has 0 fully saturated rings. The Labute approximate surface area is 199 Å². The number of nitrogens with one attached hydrogen (secondary N) is 1. The summed E-state index contributed by atoms with van der Waals surface area (Å²) in [6.07, 6.45) is 1.45. The Kier molecular flexibility index (Phi) is 6.93. The summed E-state index contributed by atoms with van der Waals surface area (Å²) in [5.41, 5.74) is 5.12. The van der Waals surface area contributed by atoms with E-state index in [9.17, 15) is 14.7 Å². The Morgan fingerprint density at radius 3 is 2.74 bits per heavy atom. The van der Waals surface area contributed by atoms with Crippen LogP contribution in [0.1, 0.15) is 11.1 Å². The topological polar surface area (TPSA) is 106 Å². The highest BCUT2D eigenvalue weighted by Crippen LogP contribution is 2.25. The van der Waals surface area contributed by atoms with Gasteiger partial charge in [0.15, 0.2) is 16.7 Å². The molecule has 3 aromatic carbocycles. The lowest BCUT2D eigenvalue weighted by Crippen LogP contribution is -2.24. The van der Waals surface area contributed by atoms with E-state index in [-0.39, 0.29) is 23.0 Å². The predicted molar refractivity (Wildman–Crippen MR) is 133 cm³/mol. The number of hydrazone groups is 1.